The quantitative estimate of drug-likeness (QED) is 0.618. The van der Waals surface area contributed by atoms with Crippen molar-refractivity contribution >= 4 is 21.7 Å². The molecule has 1 aromatic carbocycles. The van der Waals surface area contributed by atoms with Crippen LogP contribution in [0.1, 0.15) is 46.1 Å². The van der Waals surface area contributed by atoms with Crippen molar-refractivity contribution in [3.8, 4) is 0 Å². The van der Waals surface area contributed by atoms with Gasteiger partial charge in [0.15, 0.2) is 15.6 Å². The number of likely N-dealkylation sites (tertiary alicyclic amines) is 1. The van der Waals surface area contributed by atoms with Crippen LogP contribution in [0.4, 0.5) is 4.79 Å². The molecule has 0 radical (unpaired) electrons. The normalized spacial score (nSPS) is 19.4. The minimum absolute atomic E-state index is 0.183. The monoisotopic (exact) mass is 439 g/mol. The van der Waals surface area contributed by atoms with E-state index < -0.39 is 45.1 Å². The van der Waals surface area contributed by atoms with Gasteiger partial charge in [0.2, 0.25) is 0 Å². The van der Waals surface area contributed by atoms with E-state index in [2.05, 4.69) is 0 Å². The lowest BCUT2D eigenvalue weighted by Gasteiger charge is -2.34. The maximum absolute atomic E-state index is 12.8. The Bertz CT molecular complexity index is 831. The number of sulfone groups is 1. The SMILES string of the molecule is CO[C@H]([C@@H](C)C(=O)CS(=O)(=O)Cc1ccccc1)[C@@H]1CCCN1C(=O)OC(C)(C)C. The van der Waals surface area contributed by atoms with E-state index >= 15 is 0 Å². The lowest BCUT2D eigenvalue weighted by atomic mass is 9.93. The fourth-order valence-corrected chi connectivity index (χ4v) is 5.29. The second kappa shape index (κ2) is 9.92. The summed E-state index contributed by atoms with van der Waals surface area (Å²) in [5, 5.41) is 0. The molecule has 2 rings (SSSR count). The summed E-state index contributed by atoms with van der Waals surface area (Å²) in [6.07, 6.45) is 0.409. The molecule has 8 heteroatoms. The molecule has 1 amide bonds. The van der Waals surface area contributed by atoms with Crippen molar-refractivity contribution < 1.29 is 27.5 Å². The number of benzene rings is 1. The Morgan fingerprint density at radius 2 is 1.83 bits per heavy atom. The van der Waals surface area contributed by atoms with Crippen LogP contribution in [0, 0.1) is 5.92 Å². The average molecular weight is 440 g/mol. The van der Waals surface area contributed by atoms with E-state index in [0.717, 1.165) is 6.42 Å². The van der Waals surface area contributed by atoms with Gasteiger partial charge in [-0.25, -0.2) is 13.2 Å². The van der Waals surface area contributed by atoms with Crippen LogP contribution in [0.25, 0.3) is 0 Å². The van der Waals surface area contributed by atoms with Crippen LogP contribution in [0.5, 0.6) is 0 Å². The second-order valence-electron chi connectivity index (χ2n) is 8.86. The van der Waals surface area contributed by atoms with Crippen molar-refractivity contribution in [2.24, 2.45) is 5.92 Å². The standard InChI is InChI=1S/C22H33NO6S/c1-16(19(24)15-30(26,27)14-17-10-7-6-8-11-17)20(28-5)18-12-9-13-23(18)21(25)29-22(2,3)4/h6-8,10-11,16,18,20H,9,12-15H2,1-5H3/t16-,18-,20+/m0/s1. The van der Waals surface area contributed by atoms with E-state index in [4.69, 9.17) is 9.47 Å². The Kier molecular flexibility index (Phi) is 8.05. The molecule has 0 bridgehead atoms. The number of amides is 1. The summed E-state index contributed by atoms with van der Waals surface area (Å²) in [4.78, 5) is 27.0. The van der Waals surface area contributed by atoms with E-state index in [1.54, 1.807) is 56.9 Å². The third-order valence-electron chi connectivity index (χ3n) is 5.17. The van der Waals surface area contributed by atoms with Gasteiger partial charge in [-0.3, -0.25) is 4.79 Å². The van der Waals surface area contributed by atoms with Gasteiger partial charge in [-0.05, 0) is 39.2 Å². The van der Waals surface area contributed by atoms with E-state index in [1.165, 1.54) is 7.11 Å². The van der Waals surface area contributed by atoms with Gasteiger partial charge < -0.3 is 14.4 Å². The van der Waals surface area contributed by atoms with Crippen LogP contribution in [0.15, 0.2) is 30.3 Å². The molecule has 1 heterocycles. The van der Waals surface area contributed by atoms with Crippen molar-refractivity contribution in [1.82, 2.24) is 4.90 Å². The fourth-order valence-electron chi connectivity index (χ4n) is 3.79. The minimum atomic E-state index is -3.61. The zero-order valence-electron chi connectivity index (χ0n) is 18.5. The van der Waals surface area contributed by atoms with Gasteiger partial charge in [0.25, 0.3) is 0 Å². The number of methoxy groups -OCH3 is 1. The number of carbonyl (C=O) groups excluding carboxylic acids is 2. The third-order valence-corrected chi connectivity index (χ3v) is 6.67. The Balaban J connectivity index is 2.07. The highest BCUT2D eigenvalue weighted by molar-refractivity contribution is 7.91. The number of hydrogen-bond acceptors (Lipinski definition) is 6. The Morgan fingerprint density at radius 3 is 2.40 bits per heavy atom. The van der Waals surface area contributed by atoms with Crippen molar-refractivity contribution in [1.29, 1.82) is 0 Å². The van der Waals surface area contributed by atoms with Gasteiger partial charge in [-0.2, -0.15) is 0 Å². The van der Waals surface area contributed by atoms with Crippen LogP contribution in [0.3, 0.4) is 0 Å². The third kappa shape index (κ3) is 6.80. The van der Waals surface area contributed by atoms with E-state index in [0.29, 0.717) is 18.5 Å². The summed E-state index contributed by atoms with van der Waals surface area (Å²) in [6.45, 7) is 7.58. The highest BCUT2D eigenvalue weighted by Crippen LogP contribution is 2.28. The molecule has 0 aromatic heterocycles. The topological polar surface area (TPSA) is 90.0 Å². The summed E-state index contributed by atoms with van der Waals surface area (Å²) in [5.41, 5.74) is 0.0212. The number of ketones is 1. The first-order valence-electron chi connectivity index (χ1n) is 10.2. The number of ether oxygens (including phenoxy) is 2. The van der Waals surface area contributed by atoms with Crippen molar-refractivity contribution in [2.75, 3.05) is 19.4 Å². The molecule has 1 aromatic rings. The molecule has 0 saturated carbocycles. The molecule has 0 aliphatic carbocycles. The Hall–Kier alpha value is -1.93. The molecule has 1 aliphatic rings. The maximum atomic E-state index is 12.8. The van der Waals surface area contributed by atoms with Gasteiger partial charge in [-0.15, -0.1) is 0 Å². The van der Waals surface area contributed by atoms with Gasteiger partial charge >= 0.3 is 6.09 Å². The van der Waals surface area contributed by atoms with Crippen molar-refractivity contribution in [3.05, 3.63) is 35.9 Å². The fraction of sp³-hybridized carbons (Fsp3) is 0.636. The van der Waals surface area contributed by atoms with Crippen LogP contribution in [-0.4, -0.2) is 62.3 Å². The minimum Gasteiger partial charge on any atom is -0.444 e. The molecule has 30 heavy (non-hydrogen) atoms. The van der Waals surface area contributed by atoms with Crippen LogP contribution < -0.4 is 0 Å². The second-order valence-corrected chi connectivity index (χ2v) is 10.9. The number of Topliss-reactive ketones (excluding diaryl/α,β-unsaturated/α-hetero) is 1. The van der Waals surface area contributed by atoms with Gasteiger partial charge in [0.05, 0.1) is 17.9 Å². The van der Waals surface area contributed by atoms with Crippen molar-refractivity contribution in [3.63, 3.8) is 0 Å². The highest BCUT2D eigenvalue weighted by Gasteiger charge is 2.41. The van der Waals surface area contributed by atoms with Gasteiger partial charge in [0.1, 0.15) is 11.4 Å². The van der Waals surface area contributed by atoms with Gasteiger partial charge in [0, 0.05) is 19.6 Å². The molecule has 7 nitrogen and oxygen atoms in total. The van der Waals surface area contributed by atoms with E-state index in [-0.39, 0.29) is 11.8 Å². The van der Waals surface area contributed by atoms with Gasteiger partial charge in [-0.1, -0.05) is 37.3 Å². The zero-order chi connectivity index (χ0) is 22.5. The van der Waals surface area contributed by atoms with Crippen LogP contribution >= 0.6 is 0 Å². The molecule has 0 spiro atoms. The molecule has 0 unspecified atom stereocenters. The number of carbonyl (C=O) groups is 2. The first-order chi connectivity index (χ1) is 13.9. The molecule has 0 N–H and O–H groups in total. The first-order valence-corrected chi connectivity index (χ1v) is 12.0. The molecular formula is C22H33NO6S. The summed E-state index contributed by atoms with van der Waals surface area (Å²) in [7, 11) is -2.12. The summed E-state index contributed by atoms with van der Waals surface area (Å²) < 4.78 is 36.1. The first kappa shape index (κ1) is 24.3. The predicted molar refractivity (Wildman–Crippen MR) is 115 cm³/mol. The molecule has 1 aliphatic heterocycles. The highest BCUT2D eigenvalue weighted by atomic mass is 32.2. The van der Waals surface area contributed by atoms with E-state index in [1.807, 2.05) is 6.07 Å². The predicted octanol–water partition coefficient (Wildman–Crippen LogP) is 3.22. The lowest BCUT2D eigenvalue weighted by Crippen LogP contribution is -2.49. The summed E-state index contributed by atoms with van der Waals surface area (Å²) in [6, 6.07) is 8.45. The molecule has 1 saturated heterocycles. The summed E-state index contributed by atoms with van der Waals surface area (Å²) in [5.74, 6) is -1.82. The maximum Gasteiger partial charge on any atom is 0.410 e. The molecule has 1 fully saturated rings. The molecule has 3 atom stereocenters. The number of nitrogens with zero attached hydrogens (tertiary/aromatic N) is 1. The lowest BCUT2D eigenvalue weighted by molar-refractivity contribution is -0.126. The smallest absolute Gasteiger partial charge is 0.410 e. The number of rotatable bonds is 8. The van der Waals surface area contributed by atoms with Crippen molar-refractivity contribution in [2.45, 2.75) is 64.0 Å². The van der Waals surface area contributed by atoms with Crippen LogP contribution in [-0.2, 0) is 29.9 Å². The van der Waals surface area contributed by atoms with E-state index in [9.17, 15) is 18.0 Å². The molecule has 168 valence electrons. The van der Waals surface area contributed by atoms with Crippen LogP contribution in [0.2, 0.25) is 0 Å². The Labute approximate surface area is 179 Å². The zero-order valence-corrected chi connectivity index (χ0v) is 19.3. The average Bonchev–Trinajstić information content (AvgIpc) is 3.10. The summed E-state index contributed by atoms with van der Waals surface area (Å²) >= 11 is 0. The molecular weight excluding hydrogens is 406 g/mol. The number of hydrogen-bond donors (Lipinski definition) is 0. The Morgan fingerprint density at radius 1 is 1.20 bits per heavy atom. The largest absolute Gasteiger partial charge is 0.444 e.